The Morgan fingerprint density at radius 1 is 1.06 bits per heavy atom. The maximum absolute atomic E-state index is 5.91. The van der Waals surface area contributed by atoms with E-state index in [9.17, 15) is 0 Å². The van der Waals surface area contributed by atoms with Gasteiger partial charge in [-0.05, 0) is 75.2 Å². The van der Waals surface area contributed by atoms with E-state index in [4.69, 9.17) is 14.6 Å². The third kappa shape index (κ3) is 5.16. The summed E-state index contributed by atoms with van der Waals surface area (Å²) in [6.07, 6.45) is 9.00. The van der Waals surface area contributed by atoms with Gasteiger partial charge < -0.3 is 14.8 Å². The average Bonchev–Trinajstić information content (AvgIpc) is 3.68. The smallest absolute Gasteiger partial charge is 0.247 e. The minimum absolute atomic E-state index is 0.252. The van der Waals surface area contributed by atoms with Gasteiger partial charge in [-0.2, -0.15) is 10.1 Å². The Bertz CT molecular complexity index is 1250. The van der Waals surface area contributed by atoms with Gasteiger partial charge in [-0.15, -0.1) is 5.10 Å². The predicted molar refractivity (Wildman–Crippen MR) is 134 cm³/mol. The molecule has 2 aliphatic rings. The van der Waals surface area contributed by atoms with Crippen LogP contribution >= 0.6 is 0 Å². The van der Waals surface area contributed by atoms with Gasteiger partial charge in [-0.1, -0.05) is 6.07 Å². The maximum Gasteiger partial charge on any atom is 0.247 e. The predicted octanol–water partition coefficient (Wildman–Crippen LogP) is 3.99. The molecule has 0 radical (unpaired) electrons. The Labute approximate surface area is 204 Å². The van der Waals surface area contributed by atoms with Gasteiger partial charge in [-0.3, -0.25) is 9.58 Å². The topological polar surface area (TPSA) is 81.7 Å². The van der Waals surface area contributed by atoms with Gasteiger partial charge in [0.1, 0.15) is 12.4 Å². The second-order valence-electron chi connectivity index (χ2n) is 9.25. The molecule has 1 unspecified atom stereocenters. The van der Waals surface area contributed by atoms with Crippen molar-refractivity contribution in [3.63, 3.8) is 0 Å². The molecule has 1 aromatic carbocycles. The van der Waals surface area contributed by atoms with Crippen LogP contribution in [-0.4, -0.2) is 68.2 Å². The van der Waals surface area contributed by atoms with E-state index in [2.05, 4.69) is 20.3 Å². The van der Waals surface area contributed by atoms with E-state index in [1.165, 1.54) is 25.9 Å². The second-order valence-corrected chi connectivity index (χ2v) is 9.25. The summed E-state index contributed by atoms with van der Waals surface area (Å²) in [7, 11) is 0. The fourth-order valence-electron chi connectivity index (χ4n) is 4.83. The first-order valence-corrected chi connectivity index (χ1v) is 12.5. The van der Waals surface area contributed by atoms with Gasteiger partial charge in [0.15, 0.2) is 5.65 Å². The number of hydrogen-bond acceptors (Lipinski definition) is 7. The molecule has 0 spiro atoms. The normalized spacial score (nSPS) is 18.5. The van der Waals surface area contributed by atoms with Gasteiger partial charge in [0, 0.05) is 30.6 Å². The van der Waals surface area contributed by atoms with Gasteiger partial charge in [-0.25, -0.2) is 4.52 Å². The summed E-state index contributed by atoms with van der Waals surface area (Å²) in [4.78, 5) is 7.11. The molecule has 1 atom stereocenters. The molecular formula is C26H31N7O2. The molecule has 3 aromatic heterocycles. The second kappa shape index (κ2) is 10.1. The first-order valence-electron chi connectivity index (χ1n) is 12.5. The average molecular weight is 474 g/mol. The highest BCUT2D eigenvalue weighted by atomic mass is 16.5. The molecular weight excluding hydrogens is 442 g/mol. The Morgan fingerprint density at radius 3 is 2.77 bits per heavy atom. The Morgan fingerprint density at radius 2 is 1.94 bits per heavy atom. The highest BCUT2D eigenvalue weighted by Crippen LogP contribution is 2.23. The fraction of sp³-hybridized carbons (Fsp3) is 0.423. The van der Waals surface area contributed by atoms with Crippen LogP contribution in [0.4, 0.5) is 11.6 Å². The van der Waals surface area contributed by atoms with Crippen LogP contribution in [0, 0.1) is 0 Å². The summed E-state index contributed by atoms with van der Waals surface area (Å²) in [5, 5.41) is 12.6. The lowest BCUT2D eigenvalue weighted by Gasteiger charge is -2.15. The molecule has 0 amide bonds. The van der Waals surface area contributed by atoms with Crippen LogP contribution < -0.4 is 10.1 Å². The van der Waals surface area contributed by atoms with Crippen LogP contribution in [0.15, 0.2) is 54.9 Å². The molecule has 9 nitrogen and oxygen atoms in total. The molecule has 0 saturated carbocycles. The van der Waals surface area contributed by atoms with Crippen molar-refractivity contribution in [1.82, 2.24) is 29.3 Å². The van der Waals surface area contributed by atoms with E-state index < -0.39 is 0 Å². The first kappa shape index (κ1) is 22.1. The highest BCUT2D eigenvalue weighted by molar-refractivity contribution is 5.63. The Hall–Kier alpha value is -3.43. The summed E-state index contributed by atoms with van der Waals surface area (Å²) in [5.74, 6) is 1.42. The molecule has 9 heteroatoms. The number of likely N-dealkylation sites (tertiary alicyclic amines) is 1. The van der Waals surface area contributed by atoms with E-state index >= 15 is 0 Å². The van der Waals surface area contributed by atoms with Crippen molar-refractivity contribution in [3.05, 3.63) is 54.9 Å². The monoisotopic (exact) mass is 473 g/mol. The van der Waals surface area contributed by atoms with Crippen LogP contribution in [0.25, 0.3) is 16.9 Å². The lowest BCUT2D eigenvalue weighted by atomic mass is 10.2. The van der Waals surface area contributed by atoms with E-state index in [1.54, 1.807) is 0 Å². The van der Waals surface area contributed by atoms with E-state index in [0.29, 0.717) is 12.6 Å². The molecule has 2 fully saturated rings. The number of nitrogens with zero attached hydrogens (tertiary/aromatic N) is 6. The molecule has 0 aliphatic carbocycles. The number of benzene rings is 1. The third-order valence-corrected chi connectivity index (χ3v) is 6.69. The summed E-state index contributed by atoms with van der Waals surface area (Å²) in [5.41, 5.74) is 3.64. The molecule has 2 aliphatic heterocycles. The number of hydrogen-bond donors (Lipinski definition) is 1. The number of anilines is 2. The number of pyridine rings is 1. The van der Waals surface area contributed by atoms with Gasteiger partial charge in [0.25, 0.3) is 0 Å². The molecule has 1 N–H and O–H groups in total. The Balaban J connectivity index is 1.11. The quantitative estimate of drug-likeness (QED) is 0.394. The van der Waals surface area contributed by atoms with Crippen LogP contribution in [0.2, 0.25) is 0 Å². The SMILES string of the molecule is c1cc(-c2cnn(CC3CCCO3)c2)n2nc(Nc3ccc(OCCN4CCCC4)cc3)nc2c1. The largest absolute Gasteiger partial charge is 0.492 e. The number of fused-ring (bicyclic) bond motifs is 1. The van der Waals surface area contributed by atoms with Crippen LogP contribution in [0.5, 0.6) is 5.75 Å². The van der Waals surface area contributed by atoms with E-state index in [0.717, 1.165) is 60.9 Å². The molecule has 35 heavy (non-hydrogen) atoms. The minimum atomic E-state index is 0.252. The Kier molecular flexibility index (Phi) is 6.34. The van der Waals surface area contributed by atoms with Crippen molar-refractivity contribution < 1.29 is 9.47 Å². The molecule has 0 bridgehead atoms. The summed E-state index contributed by atoms with van der Waals surface area (Å²) in [6, 6.07) is 13.9. The number of rotatable bonds is 9. The van der Waals surface area contributed by atoms with Crippen molar-refractivity contribution in [2.24, 2.45) is 0 Å². The van der Waals surface area contributed by atoms with Gasteiger partial charge >= 0.3 is 0 Å². The third-order valence-electron chi connectivity index (χ3n) is 6.69. The summed E-state index contributed by atoms with van der Waals surface area (Å²) >= 11 is 0. The zero-order valence-corrected chi connectivity index (χ0v) is 19.8. The van der Waals surface area contributed by atoms with Gasteiger partial charge in [0.2, 0.25) is 5.95 Å². The maximum atomic E-state index is 5.91. The van der Waals surface area contributed by atoms with E-state index in [1.807, 2.05) is 64.1 Å². The highest BCUT2D eigenvalue weighted by Gasteiger charge is 2.17. The molecule has 2 saturated heterocycles. The van der Waals surface area contributed by atoms with Crippen molar-refractivity contribution in [2.45, 2.75) is 38.3 Å². The molecule has 5 heterocycles. The summed E-state index contributed by atoms with van der Waals surface area (Å²) < 4.78 is 15.5. The number of ether oxygens (including phenoxy) is 2. The number of nitrogens with one attached hydrogen (secondary N) is 1. The van der Waals surface area contributed by atoms with Crippen molar-refractivity contribution in [1.29, 1.82) is 0 Å². The minimum Gasteiger partial charge on any atom is -0.492 e. The summed E-state index contributed by atoms with van der Waals surface area (Å²) in [6.45, 7) is 5.71. The zero-order valence-electron chi connectivity index (χ0n) is 19.8. The van der Waals surface area contributed by atoms with Crippen LogP contribution in [-0.2, 0) is 11.3 Å². The van der Waals surface area contributed by atoms with Gasteiger partial charge in [0.05, 0.1) is 24.5 Å². The van der Waals surface area contributed by atoms with Crippen molar-refractivity contribution in [2.75, 3.05) is 38.2 Å². The van der Waals surface area contributed by atoms with Crippen LogP contribution in [0.1, 0.15) is 25.7 Å². The van der Waals surface area contributed by atoms with Crippen LogP contribution in [0.3, 0.4) is 0 Å². The van der Waals surface area contributed by atoms with E-state index in [-0.39, 0.29) is 6.10 Å². The molecule has 182 valence electrons. The van der Waals surface area contributed by atoms with Crippen molar-refractivity contribution in [3.8, 4) is 17.0 Å². The zero-order chi connectivity index (χ0) is 23.5. The van der Waals surface area contributed by atoms with Crippen molar-refractivity contribution >= 4 is 17.3 Å². The standard InChI is InChI=1S/C26H31N7O2/c1-2-13-31(12-1)14-16-35-22-10-8-21(9-11-22)28-26-29-25-7-3-6-24(33(25)30-26)20-17-27-32(18-20)19-23-5-4-15-34-23/h3,6-11,17-18,23H,1-2,4-5,12-16,19H2,(H,28,30). The fourth-order valence-corrected chi connectivity index (χ4v) is 4.83. The molecule has 4 aromatic rings. The lowest BCUT2D eigenvalue weighted by Crippen LogP contribution is -2.25. The lowest BCUT2D eigenvalue weighted by molar-refractivity contribution is 0.0940. The molecule has 6 rings (SSSR count). The number of aromatic nitrogens is 5. The first-order chi connectivity index (χ1) is 17.3.